The second-order valence-electron chi connectivity index (χ2n) is 2.03. The van der Waals surface area contributed by atoms with Crippen molar-refractivity contribution in [2.24, 2.45) is 0 Å². The Bertz CT molecular complexity index is 234. The van der Waals surface area contributed by atoms with Gasteiger partial charge in [0, 0.05) is 18.9 Å². The Morgan fingerprint density at radius 2 is 2.64 bits per heavy atom. The second-order valence-corrected chi connectivity index (χ2v) is 2.97. The van der Waals surface area contributed by atoms with Crippen molar-refractivity contribution in [3.8, 4) is 0 Å². The average molecular weight is 171 g/mol. The van der Waals surface area contributed by atoms with Crippen molar-refractivity contribution >= 4 is 17.6 Å². The number of nitrogens with zero attached hydrogens (tertiary/aromatic N) is 1. The number of aldehydes is 1. The Hall–Kier alpha value is -0.740. The molecule has 0 unspecified atom stereocenters. The lowest BCUT2D eigenvalue weighted by Gasteiger charge is -1.91. The Morgan fingerprint density at radius 3 is 3.18 bits per heavy atom. The zero-order chi connectivity index (χ0) is 8.10. The predicted octanol–water partition coefficient (Wildman–Crippen LogP) is 1.14. The lowest BCUT2D eigenvalue weighted by atomic mass is 10.5. The van der Waals surface area contributed by atoms with E-state index in [0.29, 0.717) is 12.3 Å². The van der Waals surface area contributed by atoms with Crippen molar-refractivity contribution in [2.45, 2.75) is 6.42 Å². The van der Waals surface area contributed by atoms with Gasteiger partial charge in [-0.05, 0) is 0 Å². The summed E-state index contributed by atoms with van der Waals surface area (Å²) in [6.07, 6.45) is 1.54. The molecule has 1 aromatic rings. The Kier molecular flexibility index (Phi) is 3.19. The highest BCUT2D eigenvalue weighted by Gasteiger charge is 1.99. The number of ether oxygens (including phenoxy) is 1. The average Bonchev–Trinajstić information content (AvgIpc) is 2.48. The van der Waals surface area contributed by atoms with Crippen molar-refractivity contribution in [1.29, 1.82) is 0 Å². The van der Waals surface area contributed by atoms with Gasteiger partial charge in [0.2, 0.25) is 0 Å². The maximum Gasteiger partial charge on any atom is 0.169 e. The summed E-state index contributed by atoms with van der Waals surface area (Å²) in [5, 5.41) is 2.70. The molecule has 0 aliphatic carbocycles. The smallest absolute Gasteiger partial charge is 0.169 e. The molecule has 0 saturated carbocycles. The fourth-order valence-corrected chi connectivity index (χ4v) is 1.41. The van der Waals surface area contributed by atoms with Gasteiger partial charge in [-0.1, -0.05) is 0 Å². The van der Waals surface area contributed by atoms with Crippen LogP contribution in [0.3, 0.4) is 0 Å². The molecule has 1 heterocycles. The van der Waals surface area contributed by atoms with Gasteiger partial charge in [-0.2, -0.15) is 0 Å². The van der Waals surface area contributed by atoms with E-state index >= 15 is 0 Å². The minimum atomic E-state index is 0.515. The third-order valence-corrected chi connectivity index (χ3v) is 2.14. The molecule has 0 N–H and O–H groups in total. The molecule has 1 aromatic heterocycles. The maximum atomic E-state index is 10.2. The van der Waals surface area contributed by atoms with Gasteiger partial charge in [-0.25, -0.2) is 4.98 Å². The van der Waals surface area contributed by atoms with Gasteiger partial charge >= 0.3 is 0 Å². The number of methoxy groups -OCH3 is 1. The first-order valence-corrected chi connectivity index (χ1v) is 4.13. The van der Waals surface area contributed by atoms with E-state index in [0.717, 1.165) is 17.7 Å². The first-order chi connectivity index (χ1) is 5.36. The molecule has 1 rings (SSSR count). The first kappa shape index (κ1) is 8.36. The Labute approximate surface area is 69.0 Å². The Balaban J connectivity index is 2.51. The monoisotopic (exact) mass is 171 g/mol. The van der Waals surface area contributed by atoms with Crippen molar-refractivity contribution in [2.75, 3.05) is 13.7 Å². The van der Waals surface area contributed by atoms with Crippen LogP contribution < -0.4 is 0 Å². The van der Waals surface area contributed by atoms with Crippen LogP contribution in [-0.2, 0) is 11.2 Å². The van der Waals surface area contributed by atoms with E-state index in [2.05, 4.69) is 4.98 Å². The SMILES string of the molecule is COCCc1nc(C=O)cs1. The van der Waals surface area contributed by atoms with Crippen LogP contribution in [0.15, 0.2) is 5.38 Å². The summed E-state index contributed by atoms with van der Waals surface area (Å²) in [4.78, 5) is 14.2. The van der Waals surface area contributed by atoms with E-state index in [1.807, 2.05) is 0 Å². The summed E-state index contributed by atoms with van der Waals surface area (Å²) >= 11 is 1.49. The summed E-state index contributed by atoms with van der Waals surface area (Å²) in [5.41, 5.74) is 0.515. The van der Waals surface area contributed by atoms with E-state index in [-0.39, 0.29) is 0 Å². The summed E-state index contributed by atoms with van der Waals surface area (Å²) < 4.78 is 4.87. The molecule has 0 aromatic carbocycles. The molecule has 0 aliphatic heterocycles. The van der Waals surface area contributed by atoms with E-state index in [1.54, 1.807) is 12.5 Å². The first-order valence-electron chi connectivity index (χ1n) is 3.25. The van der Waals surface area contributed by atoms with Crippen molar-refractivity contribution in [3.63, 3.8) is 0 Å². The molecule has 60 valence electrons. The van der Waals surface area contributed by atoms with Crippen LogP contribution in [-0.4, -0.2) is 25.0 Å². The third kappa shape index (κ3) is 2.40. The molecule has 0 spiro atoms. The molecule has 4 heteroatoms. The molecular formula is C7H9NO2S. The zero-order valence-corrected chi connectivity index (χ0v) is 7.06. The van der Waals surface area contributed by atoms with E-state index in [4.69, 9.17) is 4.74 Å². The normalized spacial score (nSPS) is 9.91. The number of carbonyl (C=O) groups is 1. The third-order valence-electron chi connectivity index (χ3n) is 1.21. The minimum Gasteiger partial charge on any atom is -0.384 e. The fourth-order valence-electron chi connectivity index (χ4n) is 0.683. The summed E-state index contributed by atoms with van der Waals surface area (Å²) in [6, 6.07) is 0. The maximum absolute atomic E-state index is 10.2. The van der Waals surface area contributed by atoms with Gasteiger partial charge in [0.25, 0.3) is 0 Å². The van der Waals surface area contributed by atoms with Crippen molar-refractivity contribution in [1.82, 2.24) is 4.98 Å². The molecule has 0 fully saturated rings. The highest BCUT2D eigenvalue weighted by molar-refractivity contribution is 7.09. The number of thiazole rings is 1. The standard InChI is InChI=1S/C7H9NO2S/c1-10-3-2-7-8-6(4-9)5-11-7/h4-5H,2-3H2,1H3. The van der Waals surface area contributed by atoms with Crippen LogP contribution >= 0.6 is 11.3 Å². The Morgan fingerprint density at radius 1 is 1.82 bits per heavy atom. The van der Waals surface area contributed by atoms with Gasteiger partial charge in [-0.15, -0.1) is 11.3 Å². The lowest BCUT2D eigenvalue weighted by molar-refractivity contribution is 0.111. The molecule has 11 heavy (non-hydrogen) atoms. The van der Waals surface area contributed by atoms with Gasteiger partial charge < -0.3 is 4.74 Å². The van der Waals surface area contributed by atoms with Gasteiger partial charge in [0.15, 0.2) is 6.29 Å². The van der Waals surface area contributed by atoms with Gasteiger partial charge in [-0.3, -0.25) is 4.79 Å². The highest BCUT2D eigenvalue weighted by atomic mass is 32.1. The van der Waals surface area contributed by atoms with Crippen LogP contribution in [0.5, 0.6) is 0 Å². The van der Waals surface area contributed by atoms with Crippen LogP contribution in [0.1, 0.15) is 15.5 Å². The van der Waals surface area contributed by atoms with Crippen LogP contribution in [0, 0.1) is 0 Å². The number of hydrogen-bond donors (Lipinski definition) is 0. The van der Waals surface area contributed by atoms with E-state index < -0.39 is 0 Å². The van der Waals surface area contributed by atoms with Crippen LogP contribution in [0.2, 0.25) is 0 Å². The lowest BCUT2D eigenvalue weighted by Crippen LogP contribution is -1.93. The topological polar surface area (TPSA) is 39.2 Å². The number of carbonyl (C=O) groups excluding carboxylic acids is 1. The quantitative estimate of drug-likeness (QED) is 0.638. The number of rotatable bonds is 4. The molecule has 3 nitrogen and oxygen atoms in total. The fraction of sp³-hybridized carbons (Fsp3) is 0.429. The molecule has 0 radical (unpaired) electrons. The van der Waals surface area contributed by atoms with Gasteiger partial charge in [0.1, 0.15) is 5.69 Å². The molecule has 0 saturated heterocycles. The summed E-state index contributed by atoms with van der Waals surface area (Å²) in [6.45, 7) is 0.659. The highest BCUT2D eigenvalue weighted by Crippen LogP contribution is 2.08. The predicted molar refractivity (Wildman–Crippen MR) is 43.1 cm³/mol. The van der Waals surface area contributed by atoms with Crippen molar-refractivity contribution < 1.29 is 9.53 Å². The van der Waals surface area contributed by atoms with Crippen LogP contribution in [0.25, 0.3) is 0 Å². The molecule has 0 atom stereocenters. The second kappa shape index (κ2) is 4.20. The van der Waals surface area contributed by atoms with E-state index in [1.165, 1.54) is 11.3 Å². The van der Waals surface area contributed by atoms with Crippen molar-refractivity contribution in [3.05, 3.63) is 16.1 Å². The largest absolute Gasteiger partial charge is 0.384 e. The summed E-state index contributed by atoms with van der Waals surface area (Å²) in [5.74, 6) is 0. The molecule has 0 amide bonds. The van der Waals surface area contributed by atoms with E-state index in [9.17, 15) is 4.79 Å². The van der Waals surface area contributed by atoms with Gasteiger partial charge in [0.05, 0.1) is 11.6 Å². The number of aromatic nitrogens is 1. The molecular weight excluding hydrogens is 162 g/mol. The zero-order valence-electron chi connectivity index (χ0n) is 6.24. The minimum absolute atomic E-state index is 0.515. The molecule has 0 aliphatic rings. The summed E-state index contributed by atoms with van der Waals surface area (Å²) in [7, 11) is 1.65. The van der Waals surface area contributed by atoms with Crippen LogP contribution in [0.4, 0.5) is 0 Å². The molecule has 0 bridgehead atoms. The number of hydrogen-bond acceptors (Lipinski definition) is 4.